The van der Waals surface area contributed by atoms with Crippen LogP contribution >= 0.6 is 0 Å². The largest absolute Gasteiger partial charge is 0.481 e. The standard InChI is InChI=1S/C12H20N2O5/c1-2-3-6-14(8-4-5-8)12(19)13-9(11(17)18)7-10(15)16/h8-9H,2-7H2,1H3,(H,13,19)(H,15,16)(H,17,18)/t9-/m1/s1. The summed E-state index contributed by atoms with van der Waals surface area (Å²) >= 11 is 0. The van der Waals surface area contributed by atoms with Gasteiger partial charge in [-0.2, -0.15) is 0 Å². The molecule has 0 aromatic rings. The third kappa shape index (κ3) is 5.15. The fraction of sp³-hybridized carbons (Fsp3) is 0.750. The van der Waals surface area contributed by atoms with Crippen molar-refractivity contribution < 1.29 is 24.6 Å². The molecule has 1 fully saturated rings. The van der Waals surface area contributed by atoms with E-state index in [0.717, 1.165) is 25.7 Å². The molecule has 0 aromatic carbocycles. The average molecular weight is 272 g/mol. The van der Waals surface area contributed by atoms with Gasteiger partial charge in [0, 0.05) is 12.6 Å². The summed E-state index contributed by atoms with van der Waals surface area (Å²) < 4.78 is 0. The molecule has 1 aliphatic rings. The Hall–Kier alpha value is -1.79. The average Bonchev–Trinajstić information content (AvgIpc) is 3.12. The second-order valence-electron chi connectivity index (χ2n) is 4.72. The predicted octanol–water partition coefficient (Wildman–Crippen LogP) is 0.888. The number of amides is 2. The van der Waals surface area contributed by atoms with Crippen LogP contribution in [0.2, 0.25) is 0 Å². The lowest BCUT2D eigenvalue weighted by molar-refractivity contribution is -0.145. The summed E-state index contributed by atoms with van der Waals surface area (Å²) in [6.07, 6.45) is 3.02. The zero-order valence-electron chi connectivity index (χ0n) is 11.0. The first kappa shape index (κ1) is 15.3. The minimum absolute atomic E-state index is 0.172. The molecule has 0 radical (unpaired) electrons. The predicted molar refractivity (Wildman–Crippen MR) is 66.8 cm³/mol. The Bertz CT molecular complexity index is 354. The van der Waals surface area contributed by atoms with Crippen molar-refractivity contribution in [3.8, 4) is 0 Å². The monoisotopic (exact) mass is 272 g/mol. The maximum absolute atomic E-state index is 12.0. The van der Waals surface area contributed by atoms with Crippen LogP contribution in [0, 0.1) is 0 Å². The minimum Gasteiger partial charge on any atom is -0.481 e. The number of urea groups is 1. The van der Waals surface area contributed by atoms with Crippen molar-refractivity contribution in [2.24, 2.45) is 0 Å². The molecular weight excluding hydrogens is 252 g/mol. The number of nitrogens with zero attached hydrogens (tertiary/aromatic N) is 1. The molecule has 0 heterocycles. The van der Waals surface area contributed by atoms with E-state index in [2.05, 4.69) is 5.32 Å². The summed E-state index contributed by atoms with van der Waals surface area (Å²) in [5.41, 5.74) is 0. The fourth-order valence-electron chi connectivity index (χ4n) is 1.77. The van der Waals surface area contributed by atoms with Crippen LogP contribution in [0.1, 0.15) is 39.0 Å². The molecule has 1 aliphatic carbocycles. The van der Waals surface area contributed by atoms with Crippen LogP contribution in [0.25, 0.3) is 0 Å². The molecule has 0 unspecified atom stereocenters. The molecule has 1 atom stereocenters. The number of hydrogen-bond acceptors (Lipinski definition) is 3. The number of aliphatic carboxylic acids is 2. The Morgan fingerprint density at radius 1 is 1.32 bits per heavy atom. The van der Waals surface area contributed by atoms with E-state index in [0.29, 0.717) is 6.54 Å². The molecule has 108 valence electrons. The molecule has 1 rings (SSSR count). The Balaban J connectivity index is 2.57. The molecule has 2 amide bonds. The number of carboxylic acid groups (broad SMARTS) is 2. The first-order valence-corrected chi connectivity index (χ1v) is 6.47. The molecule has 0 aromatic heterocycles. The van der Waals surface area contributed by atoms with Gasteiger partial charge >= 0.3 is 18.0 Å². The van der Waals surface area contributed by atoms with Gasteiger partial charge in [-0.15, -0.1) is 0 Å². The maximum atomic E-state index is 12.0. The van der Waals surface area contributed by atoms with Gasteiger partial charge in [-0.25, -0.2) is 9.59 Å². The number of carbonyl (C=O) groups is 3. The van der Waals surface area contributed by atoms with Crippen LogP contribution in [0.3, 0.4) is 0 Å². The highest BCUT2D eigenvalue weighted by Gasteiger charge is 2.34. The van der Waals surface area contributed by atoms with Crippen molar-refractivity contribution in [1.82, 2.24) is 10.2 Å². The highest BCUT2D eigenvalue weighted by atomic mass is 16.4. The Morgan fingerprint density at radius 3 is 2.37 bits per heavy atom. The van der Waals surface area contributed by atoms with Crippen molar-refractivity contribution in [2.75, 3.05) is 6.54 Å². The lowest BCUT2D eigenvalue weighted by Gasteiger charge is -2.24. The molecule has 0 bridgehead atoms. The molecular formula is C12H20N2O5. The van der Waals surface area contributed by atoms with Gasteiger partial charge in [-0.1, -0.05) is 13.3 Å². The van der Waals surface area contributed by atoms with Crippen molar-refractivity contribution in [3.63, 3.8) is 0 Å². The third-order valence-electron chi connectivity index (χ3n) is 2.98. The van der Waals surface area contributed by atoms with Crippen molar-refractivity contribution >= 4 is 18.0 Å². The number of carboxylic acids is 2. The Kier molecular flexibility index (Phi) is 5.59. The number of nitrogens with one attached hydrogen (secondary N) is 1. The molecule has 3 N–H and O–H groups in total. The molecule has 0 aliphatic heterocycles. The van der Waals surface area contributed by atoms with Gasteiger partial charge in [0.2, 0.25) is 0 Å². The van der Waals surface area contributed by atoms with Gasteiger partial charge < -0.3 is 20.4 Å². The lowest BCUT2D eigenvalue weighted by atomic mass is 10.2. The lowest BCUT2D eigenvalue weighted by Crippen LogP contribution is -2.49. The maximum Gasteiger partial charge on any atom is 0.326 e. The van der Waals surface area contributed by atoms with Crippen LogP contribution in [0.15, 0.2) is 0 Å². The van der Waals surface area contributed by atoms with E-state index in [1.165, 1.54) is 0 Å². The van der Waals surface area contributed by atoms with Crippen LogP contribution in [-0.2, 0) is 9.59 Å². The molecule has 19 heavy (non-hydrogen) atoms. The third-order valence-corrected chi connectivity index (χ3v) is 2.98. The molecule has 1 saturated carbocycles. The normalized spacial score (nSPS) is 15.6. The zero-order valence-corrected chi connectivity index (χ0v) is 11.0. The molecule has 0 spiro atoms. The summed E-state index contributed by atoms with van der Waals surface area (Å²) in [4.78, 5) is 35.0. The van der Waals surface area contributed by atoms with Crippen LogP contribution in [0.5, 0.6) is 0 Å². The van der Waals surface area contributed by atoms with Gasteiger partial charge in [0.05, 0.1) is 6.42 Å². The summed E-state index contributed by atoms with van der Waals surface area (Å²) in [6.45, 7) is 2.58. The van der Waals surface area contributed by atoms with E-state index in [-0.39, 0.29) is 6.04 Å². The van der Waals surface area contributed by atoms with Crippen molar-refractivity contribution in [1.29, 1.82) is 0 Å². The molecule has 0 saturated heterocycles. The number of rotatable bonds is 8. The topological polar surface area (TPSA) is 107 Å². The van der Waals surface area contributed by atoms with Crippen molar-refractivity contribution in [3.05, 3.63) is 0 Å². The second-order valence-corrected chi connectivity index (χ2v) is 4.72. The minimum atomic E-state index is -1.38. The van der Waals surface area contributed by atoms with Gasteiger partial charge in [0.25, 0.3) is 0 Å². The van der Waals surface area contributed by atoms with Gasteiger partial charge in [-0.3, -0.25) is 4.79 Å². The van der Waals surface area contributed by atoms with E-state index in [9.17, 15) is 14.4 Å². The van der Waals surface area contributed by atoms with Gasteiger partial charge in [0.1, 0.15) is 6.04 Å². The number of carbonyl (C=O) groups excluding carboxylic acids is 1. The highest BCUT2D eigenvalue weighted by molar-refractivity contribution is 5.86. The van der Waals surface area contributed by atoms with Gasteiger partial charge in [-0.05, 0) is 19.3 Å². The Morgan fingerprint density at radius 2 is 1.95 bits per heavy atom. The zero-order chi connectivity index (χ0) is 14.4. The summed E-state index contributed by atoms with van der Waals surface area (Å²) in [6, 6.07) is -1.69. The summed E-state index contributed by atoms with van der Waals surface area (Å²) in [7, 11) is 0. The van der Waals surface area contributed by atoms with E-state index >= 15 is 0 Å². The van der Waals surface area contributed by atoms with Crippen LogP contribution in [0.4, 0.5) is 4.79 Å². The van der Waals surface area contributed by atoms with Crippen LogP contribution in [-0.4, -0.2) is 51.7 Å². The number of hydrogen-bond donors (Lipinski definition) is 3. The van der Waals surface area contributed by atoms with E-state index in [4.69, 9.17) is 10.2 Å². The van der Waals surface area contributed by atoms with Gasteiger partial charge in [0.15, 0.2) is 0 Å². The first-order chi connectivity index (χ1) is 8.95. The summed E-state index contributed by atoms with van der Waals surface area (Å²) in [5.74, 6) is -2.58. The Labute approximate surface area is 111 Å². The fourth-order valence-corrected chi connectivity index (χ4v) is 1.77. The van der Waals surface area contributed by atoms with Crippen molar-refractivity contribution in [2.45, 2.75) is 51.1 Å². The molecule has 7 heteroatoms. The molecule has 7 nitrogen and oxygen atoms in total. The van der Waals surface area contributed by atoms with E-state index < -0.39 is 30.4 Å². The quantitative estimate of drug-likeness (QED) is 0.608. The smallest absolute Gasteiger partial charge is 0.326 e. The SMILES string of the molecule is CCCCN(C(=O)N[C@H](CC(=O)O)C(=O)O)C1CC1. The summed E-state index contributed by atoms with van der Waals surface area (Å²) in [5, 5.41) is 19.8. The number of unbranched alkanes of at least 4 members (excludes halogenated alkanes) is 1. The van der Waals surface area contributed by atoms with E-state index in [1.54, 1.807) is 4.90 Å². The van der Waals surface area contributed by atoms with Crippen LogP contribution < -0.4 is 5.32 Å². The first-order valence-electron chi connectivity index (χ1n) is 6.47. The second kappa shape index (κ2) is 6.96. The highest BCUT2D eigenvalue weighted by Crippen LogP contribution is 2.27. The van der Waals surface area contributed by atoms with E-state index in [1.807, 2.05) is 6.92 Å².